The second kappa shape index (κ2) is 9.31. The van der Waals surface area contributed by atoms with E-state index in [1.54, 1.807) is 6.07 Å². The third kappa shape index (κ3) is 5.51. The minimum atomic E-state index is -0.156. The largest absolute Gasteiger partial charge is 0.342 e. The van der Waals surface area contributed by atoms with Crippen LogP contribution in [0.2, 0.25) is 0 Å². The molecule has 27 heavy (non-hydrogen) atoms. The van der Waals surface area contributed by atoms with E-state index in [0.29, 0.717) is 30.6 Å². The van der Waals surface area contributed by atoms with Crippen LogP contribution in [0.1, 0.15) is 44.7 Å². The molecular formula is C21H32N4O2. The standard InChI is InChI=1S/C21H32N4O2/c1-15(17-7-4-10-22-13-17)12-20(26)25-11-5-8-18(14-25)21(27)24-19-9-3-6-16(2)23-19/h3,6,9,15,17-18,22H,4-5,7-8,10-14H2,1-2H3,(H,23,24,27). The first-order valence-electron chi connectivity index (χ1n) is 10.3. The van der Waals surface area contributed by atoms with E-state index in [0.717, 1.165) is 38.2 Å². The van der Waals surface area contributed by atoms with Crippen molar-refractivity contribution in [1.82, 2.24) is 15.2 Å². The molecule has 2 saturated heterocycles. The van der Waals surface area contributed by atoms with Gasteiger partial charge in [0.2, 0.25) is 11.8 Å². The maximum atomic E-state index is 12.8. The van der Waals surface area contributed by atoms with Crippen molar-refractivity contribution in [2.24, 2.45) is 17.8 Å². The predicted molar refractivity (Wildman–Crippen MR) is 106 cm³/mol. The fourth-order valence-electron chi connectivity index (χ4n) is 4.19. The molecule has 0 aromatic carbocycles. The van der Waals surface area contributed by atoms with Gasteiger partial charge in [0.25, 0.3) is 0 Å². The maximum absolute atomic E-state index is 12.8. The lowest BCUT2D eigenvalue weighted by molar-refractivity contribution is -0.135. The summed E-state index contributed by atoms with van der Waals surface area (Å²) in [6.45, 7) is 7.48. The van der Waals surface area contributed by atoms with Gasteiger partial charge >= 0.3 is 0 Å². The number of carbonyl (C=O) groups is 2. The minimum Gasteiger partial charge on any atom is -0.342 e. The number of aromatic nitrogens is 1. The molecule has 2 fully saturated rings. The van der Waals surface area contributed by atoms with E-state index >= 15 is 0 Å². The molecule has 3 heterocycles. The van der Waals surface area contributed by atoms with Gasteiger partial charge in [-0.2, -0.15) is 0 Å². The van der Waals surface area contributed by atoms with Crippen LogP contribution in [0.4, 0.5) is 5.82 Å². The summed E-state index contributed by atoms with van der Waals surface area (Å²) in [5.74, 6) is 1.56. The number of carbonyl (C=O) groups excluding carboxylic acids is 2. The Morgan fingerprint density at radius 3 is 2.93 bits per heavy atom. The molecule has 148 valence electrons. The summed E-state index contributed by atoms with van der Waals surface area (Å²) in [5, 5.41) is 6.34. The molecule has 1 aromatic heterocycles. The molecule has 6 heteroatoms. The van der Waals surface area contributed by atoms with Crippen molar-refractivity contribution in [1.29, 1.82) is 0 Å². The van der Waals surface area contributed by atoms with E-state index in [1.165, 1.54) is 12.8 Å². The number of pyridine rings is 1. The molecule has 0 radical (unpaired) electrons. The average Bonchev–Trinajstić information content (AvgIpc) is 2.68. The normalized spacial score (nSPS) is 24.3. The van der Waals surface area contributed by atoms with Crippen LogP contribution in [0.3, 0.4) is 0 Å². The molecule has 2 N–H and O–H groups in total. The first kappa shape index (κ1) is 19.8. The number of likely N-dealkylation sites (tertiary alicyclic amines) is 1. The van der Waals surface area contributed by atoms with Gasteiger partial charge in [-0.1, -0.05) is 13.0 Å². The fourth-order valence-corrected chi connectivity index (χ4v) is 4.19. The van der Waals surface area contributed by atoms with Crippen LogP contribution in [0, 0.1) is 24.7 Å². The lowest BCUT2D eigenvalue weighted by atomic mass is 9.85. The van der Waals surface area contributed by atoms with Crippen molar-refractivity contribution in [2.45, 2.75) is 46.0 Å². The van der Waals surface area contributed by atoms with Gasteiger partial charge in [0.15, 0.2) is 0 Å². The monoisotopic (exact) mass is 372 g/mol. The third-order valence-corrected chi connectivity index (χ3v) is 5.92. The van der Waals surface area contributed by atoms with Crippen LogP contribution in [-0.4, -0.2) is 47.9 Å². The van der Waals surface area contributed by atoms with Crippen molar-refractivity contribution in [3.63, 3.8) is 0 Å². The van der Waals surface area contributed by atoms with E-state index in [2.05, 4.69) is 22.5 Å². The summed E-state index contributed by atoms with van der Waals surface area (Å²) in [7, 11) is 0. The fraction of sp³-hybridized carbons (Fsp3) is 0.667. The number of hydrogen-bond donors (Lipinski definition) is 2. The molecule has 0 saturated carbocycles. The molecule has 6 nitrogen and oxygen atoms in total. The summed E-state index contributed by atoms with van der Waals surface area (Å²) >= 11 is 0. The molecule has 3 atom stereocenters. The van der Waals surface area contributed by atoms with E-state index in [4.69, 9.17) is 0 Å². The van der Waals surface area contributed by atoms with E-state index in [1.807, 2.05) is 24.0 Å². The van der Waals surface area contributed by atoms with Crippen LogP contribution in [-0.2, 0) is 9.59 Å². The Kier molecular flexibility index (Phi) is 6.83. The number of rotatable bonds is 5. The zero-order valence-electron chi connectivity index (χ0n) is 16.5. The molecule has 2 amide bonds. The molecule has 0 spiro atoms. The Morgan fingerprint density at radius 2 is 2.19 bits per heavy atom. The number of aryl methyl sites for hydroxylation is 1. The summed E-state index contributed by atoms with van der Waals surface area (Å²) in [6, 6.07) is 5.59. The summed E-state index contributed by atoms with van der Waals surface area (Å²) < 4.78 is 0. The van der Waals surface area contributed by atoms with E-state index in [9.17, 15) is 9.59 Å². The second-order valence-electron chi connectivity index (χ2n) is 8.12. The Balaban J connectivity index is 1.51. The summed E-state index contributed by atoms with van der Waals surface area (Å²) in [5.41, 5.74) is 0.874. The van der Waals surface area contributed by atoms with Crippen LogP contribution >= 0.6 is 0 Å². The number of amides is 2. The first-order valence-corrected chi connectivity index (χ1v) is 10.3. The zero-order valence-corrected chi connectivity index (χ0v) is 16.5. The number of hydrogen-bond acceptors (Lipinski definition) is 4. The van der Waals surface area contributed by atoms with Crippen LogP contribution in [0.5, 0.6) is 0 Å². The Bertz CT molecular complexity index is 657. The summed E-state index contributed by atoms with van der Waals surface area (Å²) in [6.07, 6.45) is 4.69. The van der Waals surface area contributed by atoms with E-state index < -0.39 is 0 Å². The quantitative estimate of drug-likeness (QED) is 0.833. The van der Waals surface area contributed by atoms with Gasteiger partial charge in [-0.25, -0.2) is 4.98 Å². The SMILES string of the molecule is Cc1cccc(NC(=O)C2CCCN(C(=O)CC(C)C3CCCNC3)C2)n1. The zero-order chi connectivity index (χ0) is 19.2. The first-order chi connectivity index (χ1) is 13.0. The molecule has 2 aliphatic rings. The van der Waals surface area contributed by atoms with Gasteiger partial charge in [-0.05, 0) is 69.7 Å². The number of anilines is 1. The van der Waals surface area contributed by atoms with Crippen molar-refractivity contribution in [2.75, 3.05) is 31.5 Å². The lowest BCUT2D eigenvalue weighted by Gasteiger charge is -2.34. The second-order valence-corrected chi connectivity index (χ2v) is 8.12. The van der Waals surface area contributed by atoms with Crippen LogP contribution in [0.15, 0.2) is 18.2 Å². The van der Waals surface area contributed by atoms with Crippen molar-refractivity contribution < 1.29 is 9.59 Å². The number of nitrogens with one attached hydrogen (secondary N) is 2. The Hall–Kier alpha value is -1.95. The van der Waals surface area contributed by atoms with Crippen LogP contribution in [0.25, 0.3) is 0 Å². The van der Waals surface area contributed by atoms with Gasteiger partial charge in [0, 0.05) is 25.2 Å². The lowest BCUT2D eigenvalue weighted by Crippen LogP contribution is -2.45. The number of nitrogens with zero attached hydrogens (tertiary/aromatic N) is 2. The maximum Gasteiger partial charge on any atom is 0.230 e. The molecule has 2 aliphatic heterocycles. The van der Waals surface area contributed by atoms with E-state index in [-0.39, 0.29) is 17.7 Å². The van der Waals surface area contributed by atoms with Crippen LogP contribution < -0.4 is 10.6 Å². The highest BCUT2D eigenvalue weighted by Gasteiger charge is 2.30. The van der Waals surface area contributed by atoms with Crippen molar-refractivity contribution in [3.05, 3.63) is 23.9 Å². The molecule has 3 unspecified atom stereocenters. The minimum absolute atomic E-state index is 0.0323. The highest BCUT2D eigenvalue weighted by molar-refractivity contribution is 5.92. The van der Waals surface area contributed by atoms with Crippen molar-refractivity contribution >= 4 is 17.6 Å². The Morgan fingerprint density at radius 1 is 1.33 bits per heavy atom. The smallest absolute Gasteiger partial charge is 0.230 e. The highest BCUT2D eigenvalue weighted by atomic mass is 16.2. The highest BCUT2D eigenvalue weighted by Crippen LogP contribution is 2.25. The predicted octanol–water partition coefficient (Wildman–Crippen LogP) is 2.59. The molecule has 1 aromatic rings. The molecule has 3 rings (SSSR count). The summed E-state index contributed by atoms with van der Waals surface area (Å²) in [4.78, 5) is 31.6. The van der Waals surface area contributed by atoms with Crippen molar-refractivity contribution in [3.8, 4) is 0 Å². The average molecular weight is 373 g/mol. The van der Waals surface area contributed by atoms with Gasteiger partial charge in [0.05, 0.1) is 5.92 Å². The Labute approximate surface area is 162 Å². The molecule has 0 bridgehead atoms. The topological polar surface area (TPSA) is 74.3 Å². The molecule has 0 aliphatic carbocycles. The van der Waals surface area contributed by atoms with Gasteiger partial charge < -0.3 is 15.5 Å². The van der Waals surface area contributed by atoms with Gasteiger partial charge in [0.1, 0.15) is 5.82 Å². The number of piperidine rings is 2. The van der Waals surface area contributed by atoms with Gasteiger partial charge in [-0.15, -0.1) is 0 Å². The third-order valence-electron chi connectivity index (χ3n) is 5.92. The van der Waals surface area contributed by atoms with Gasteiger partial charge in [-0.3, -0.25) is 9.59 Å². The molecular weight excluding hydrogens is 340 g/mol.